The third-order valence-corrected chi connectivity index (χ3v) is 1.92. The maximum Gasteiger partial charge on any atom is 0.370 e. The Bertz CT molecular complexity index is 392. The number of carboxylic acids is 2. The Labute approximate surface area is 90.8 Å². The van der Waals surface area contributed by atoms with Crippen LogP contribution in [0.4, 0.5) is 0 Å². The summed E-state index contributed by atoms with van der Waals surface area (Å²) in [5.74, 6) is -3.11. The lowest BCUT2D eigenvalue weighted by Crippen LogP contribution is -2.29. The first-order valence-corrected chi connectivity index (χ1v) is 4.32. The average molecular weight is 226 g/mol. The van der Waals surface area contributed by atoms with Gasteiger partial charge in [-0.1, -0.05) is 6.08 Å². The average Bonchev–Trinajstić information content (AvgIpc) is 2.20. The molecule has 16 heavy (non-hydrogen) atoms. The van der Waals surface area contributed by atoms with Crippen LogP contribution in [0.25, 0.3) is 0 Å². The molecule has 86 valence electrons. The Morgan fingerprint density at radius 1 is 1.38 bits per heavy atom. The quantitative estimate of drug-likeness (QED) is 0.457. The minimum atomic E-state index is -1.37. The normalized spacial score (nSPS) is 23.4. The summed E-state index contributed by atoms with van der Waals surface area (Å²) >= 11 is 0. The molecule has 1 rings (SSSR count). The first-order chi connectivity index (χ1) is 7.41. The Morgan fingerprint density at radius 2 is 2.00 bits per heavy atom. The van der Waals surface area contributed by atoms with Crippen molar-refractivity contribution >= 4 is 11.9 Å². The minimum absolute atomic E-state index is 0.0755. The molecule has 0 fully saturated rings. The summed E-state index contributed by atoms with van der Waals surface area (Å²) < 4.78 is 4.81. The van der Waals surface area contributed by atoms with Crippen molar-refractivity contribution < 1.29 is 29.6 Å². The molecule has 1 aliphatic carbocycles. The molecule has 3 N–H and O–H groups in total. The summed E-state index contributed by atoms with van der Waals surface area (Å²) in [6.07, 6.45) is 1.40. The van der Waals surface area contributed by atoms with E-state index in [-0.39, 0.29) is 5.57 Å². The van der Waals surface area contributed by atoms with Gasteiger partial charge in [0, 0.05) is 0 Å². The van der Waals surface area contributed by atoms with Gasteiger partial charge in [-0.25, -0.2) is 9.59 Å². The second kappa shape index (κ2) is 4.63. The molecule has 0 saturated heterocycles. The van der Waals surface area contributed by atoms with Gasteiger partial charge in [0.25, 0.3) is 0 Å². The first-order valence-electron chi connectivity index (χ1n) is 4.32. The first kappa shape index (κ1) is 12.0. The van der Waals surface area contributed by atoms with Crippen LogP contribution in [0, 0.1) is 0 Å². The molecule has 0 saturated carbocycles. The van der Waals surface area contributed by atoms with Gasteiger partial charge in [0.05, 0.1) is 5.57 Å². The smallest absolute Gasteiger partial charge is 0.370 e. The second-order valence-corrected chi connectivity index (χ2v) is 3.09. The highest BCUT2D eigenvalue weighted by Crippen LogP contribution is 2.16. The zero-order valence-electron chi connectivity index (χ0n) is 8.16. The van der Waals surface area contributed by atoms with E-state index >= 15 is 0 Å². The van der Waals surface area contributed by atoms with Gasteiger partial charge in [-0.05, 0) is 18.7 Å². The van der Waals surface area contributed by atoms with E-state index in [0.29, 0.717) is 0 Å². The van der Waals surface area contributed by atoms with Crippen LogP contribution in [-0.2, 0) is 14.3 Å². The Kier molecular flexibility index (Phi) is 3.47. The number of hydrogen-bond donors (Lipinski definition) is 3. The number of aliphatic hydroxyl groups excluding tert-OH is 1. The molecule has 1 unspecified atom stereocenters. The zero-order valence-corrected chi connectivity index (χ0v) is 8.16. The maximum absolute atomic E-state index is 10.6. The van der Waals surface area contributed by atoms with Crippen LogP contribution >= 0.6 is 0 Å². The summed E-state index contributed by atoms with van der Waals surface area (Å²) in [6, 6.07) is 0. The third-order valence-electron chi connectivity index (χ3n) is 1.92. The van der Waals surface area contributed by atoms with Crippen LogP contribution in [0.15, 0.2) is 36.1 Å². The Morgan fingerprint density at radius 3 is 2.50 bits per heavy atom. The molecule has 0 amide bonds. The number of hydrogen-bond acceptors (Lipinski definition) is 4. The molecule has 1 aliphatic rings. The highest BCUT2D eigenvalue weighted by atomic mass is 16.5. The summed E-state index contributed by atoms with van der Waals surface area (Å²) in [5.41, 5.74) is -0.0755. The van der Waals surface area contributed by atoms with Crippen LogP contribution in [-0.4, -0.2) is 39.5 Å². The van der Waals surface area contributed by atoms with Crippen LogP contribution in [0.3, 0.4) is 0 Å². The molecule has 0 aromatic rings. The van der Waals surface area contributed by atoms with Gasteiger partial charge >= 0.3 is 11.9 Å². The van der Waals surface area contributed by atoms with E-state index < -0.39 is 29.9 Å². The molecule has 0 radical (unpaired) electrons. The van der Waals surface area contributed by atoms with Crippen molar-refractivity contribution in [1.29, 1.82) is 0 Å². The van der Waals surface area contributed by atoms with Gasteiger partial charge < -0.3 is 20.1 Å². The van der Waals surface area contributed by atoms with Gasteiger partial charge in [0.2, 0.25) is 0 Å². The van der Waals surface area contributed by atoms with Crippen LogP contribution < -0.4 is 0 Å². The van der Waals surface area contributed by atoms with E-state index in [4.69, 9.17) is 14.9 Å². The molecule has 6 nitrogen and oxygen atoms in total. The summed E-state index contributed by atoms with van der Waals surface area (Å²) in [4.78, 5) is 21.1. The highest BCUT2D eigenvalue weighted by molar-refractivity contribution is 5.90. The molecular formula is C10H10O6. The number of rotatable bonds is 4. The van der Waals surface area contributed by atoms with E-state index in [2.05, 4.69) is 6.58 Å². The lowest BCUT2D eigenvalue weighted by Gasteiger charge is -2.21. The summed E-state index contributed by atoms with van der Waals surface area (Å²) in [7, 11) is 0. The lowest BCUT2D eigenvalue weighted by atomic mass is 10.0. The maximum atomic E-state index is 10.6. The molecule has 0 aromatic heterocycles. The van der Waals surface area contributed by atoms with Crippen LogP contribution in [0.1, 0.15) is 0 Å². The number of carbonyl (C=O) groups is 2. The molecule has 2 atom stereocenters. The minimum Gasteiger partial charge on any atom is -0.478 e. The van der Waals surface area contributed by atoms with E-state index in [1.54, 1.807) is 0 Å². The number of aliphatic carboxylic acids is 2. The molecular weight excluding hydrogens is 216 g/mol. The fourth-order valence-electron chi connectivity index (χ4n) is 1.10. The van der Waals surface area contributed by atoms with Crippen molar-refractivity contribution in [1.82, 2.24) is 0 Å². The third kappa shape index (κ3) is 2.71. The second-order valence-electron chi connectivity index (χ2n) is 3.09. The fourth-order valence-corrected chi connectivity index (χ4v) is 1.10. The monoisotopic (exact) mass is 226 g/mol. The van der Waals surface area contributed by atoms with Gasteiger partial charge in [-0.2, -0.15) is 0 Å². The number of carboxylic acid groups (broad SMARTS) is 2. The predicted octanol–water partition coefficient (Wildman–Crippen LogP) is -0.0884. The van der Waals surface area contributed by atoms with E-state index in [1.165, 1.54) is 12.2 Å². The highest BCUT2D eigenvalue weighted by Gasteiger charge is 2.24. The fraction of sp³-hybridized carbons (Fsp3) is 0.200. The topological polar surface area (TPSA) is 104 Å². The van der Waals surface area contributed by atoms with Crippen molar-refractivity contribution in [3.63, 3.8) is 0 Å². The van der Waals surface area contributed by atoms with E-state index in [0.717, 1.165) is 6.08 Å². The predicted molar refractivity (Wildman–Crippen MR) is 52.5 cm³/mol. The van der Waals surface area contributed by atoms with Gasteiger partial charge in [0.1, 0.15) is 12.2 Å². The standard InChI is InChI=1S/C10H10O6/c1-5(9(12)13)16-8-4-6(10(14)15)2-3-7(8)11/h2-4,7-8,11H,1H2,(H,12,13)(H,14,15)/t7-,8?/m1/s1. The largest absolute Gasteiger partial charge is 0.478 e. The van der Waals surface area contributed by atoms with Crippen molar-refractivity contribution in [3.05, 3.63) is 36.1 Å². The van der Waals surface area contributed by atoms with E-state index in [9.17, 15) is 14.7 Å². The molecule has 0 spiro atoms. The number of aliphatic hydroxyl groups is 1. The molecule has 0 aromatic carbocycles. The molecule has 0 aliphatic heterocycles. The van der Waals surface area contributed by atoms with E-state index in [1.807, 2.05) is 0 Å². The Hall–Kier alpha value is -2.08. The van der Waals surface area contributed by atoms with Crippen molar-refractivity contribution in [2.75, 3.05) is 0 Å². The van der Waals surface area contributed by atoms with Crippen molar-refractivity contribution in [2.45, 2.75) is 12.2 Å². The Balaban J connectivity index is 2.80. The van der Waals surface area contributed by atoms with Crippen LogP contribution in [0.5, 0.6) is 0 Å². The van der Waals surface area contributed by atoms with Crippen molar-refractivity contribution in [3.8, 4) is 0 Å². The summed E-state index contributed by atoms with van der Waals surface area (Å²) in [5, 5.41) is 26.6. The summed E-state index contributed by atoms with van der Waals surface area (Å²) in [6.45, 7) is 3.12. The number of ether oxygens (including phenoxy) is 1. The van der Waals surface area contributed by atoms with Gasteiger partial charge in [-0.15, -0.1) is 0 Å². The van der Waals surface area contributed by atoms with Gasteiger partial charge in [0.15, 0.2) is 5.76 Å². The van der Waals surface area contributed by atoms with Gasteiger partial charge in [-0.3, -0.25) is 0 Å². The molecule has 0 bridgehead atoms. The molecule has 0 heterocycles. The lowest BCUT2D eigenvalue weighted by molar-refractivity contribution is -0.137. The van der Waals surface area contributed by atoms with Crippen molar-refractivity contribution in [2.24, 2.45) is 0 Å². The SMILES string of the molecule is C=C(OC1C=C(C(=O)O)C=C[C@H]1O)C(=O)O. The molecule has 6 heteroatoms. The van der Waals surface area contributed by atoms with Crippen LogP contribution in [0.2, 0.25) is 0 Å². The zero-order chi connectivity index (χ0) is 12.3.